The van der Waals surface area contributed by atoms with Gasteiger partial charge in [0.1, 0.15) is 16.6 Å². The molecule has 25 heavy (non-hydrogen) atoms. The minimum Gasteiger partial charge on any atom is -0.492 e. The standard InChI is InChI=1S/C19H16ClFN2OS/c20-16-3-1-2-15-17(8-9-24-18(15)16)22-10-14-11-25-19(23-14)12-4-6-13(21)7-5-12/h1-7,11,17,22H,8-10H2/t17-/m1/s1. The molecule has 1 aromatic heterocycles. The highest BCUT2D eigenvalue weighted by Gasteiger charge is 2.23. The number of rotatable bonds is 4. The third kappa shape index (κ3) is 3.54. The lowest BCUT2D eigenvalue weighted by molar-refractivity contribution is 0.252. The van der Waals surface area contributed by atoms with E-state index >= 15 is 0 Å². The van der Waals surface area contributed by atoms with E-state index in [9.17, 15) is 4.39 Å². The highest BCUT2D eigenvalue weighted by molar-refractivity contribution is 7.13. The van der Waals surface area contributed by atoms with Crippen LogP contribution in [0.15, 0.2) is 47.8 Å². The van der Waals surface area contributed by atoms with E-state index in [2.05, 4.69) is 10.3 Å². The first-order chi connectivity index (χ1) is 12.2. The van der Waals surface area contributed by atoms with Crippen molar-refractivity contribution in [2.45, 2.75) is 19.0 Å². The molecule has 1 aliphatic rings. The van der Waals surface area contributed by atoms with Crippen LogP contribution < -0.4 is 10.1 Å². The molecular formula is C19H16ClFN2OS. The Balaban J connectivity index is 1.46. The second-order valence-corrected chi connectivity index (χ2v) is 7.15. The Bertz CT molecular complexity index is 881. The zero-order valence-corrected chi connectivity index (χ0v) is 14.9. The zero-order valence-electron chi connectivity index (χ0n) is 13.3. The van der Waals surface area contributed by atoms with E-state index in [1.165, 1.54) is 12.1 Å². The number of hydrogen-bond donors (Lipinski definition) is 1. The molecule has 1 N–H and O–H groups in total. The molecule has 6 heteroatoms. The zero-order chi connectivity index (χ0) is 17.2. The van der Waals surface area contributed by atoms with Crippen LogP contribution in [0.3, 0.4) is 0 Å². The maximum Gasteiger partial charge on any atom is 0.142 e. The lowest BCUT2D eigenvalue weighted by atomic mass is 10.0. The average molecular weight is 375 g/mol. The van der Waals surface area contributed by atoms with E-state index in [0.29, 0.717) is 18.2 Å². The Hall–Kier alpha value is -1.95. The van der Waals surface area contributed by atoms with Crippen LogP contribution in [-0.2, 0) is 6.54 Å². The molecule has 4 rings (SSSR count). The normalized spacial score (nSPS) is 16.3. The number of halogens is 2. The van der Waals surface area contributed by atoms with Gasteiger partial charge in [0.2, 0.25) is 0 Å². The Labute approximate surface area is 154 Å². The summed E-state index contributed by atoms with van der Waals surface area (Å²) in [6.07, 6.45) is 0.891. The Kier molecular flexibility index (Phi) is 4.70. The molecule has 0 aliphatic carbocycles. The molecule has 2 heterocycles. The van der Waals surface area contributed by atoms with Crippen molar-refractivity contribution in [1.82, 2.24) is 10.3 Å². The minimum absolute atomic E-state index is 0.193. The van der Waals surface area contributed by atoms with Gasteiger partial charge < -0.3 is 10.1 Å². The van der Waals surface area contributed by atoms with Crippen molar-refractivity contribution in [1.29, 1.82) is 0 Å². The number of fused-ring (bicyclic) bond motifs is 1. The van der Waals surface area contributed by atoms with Crippen molar-refractivity contribution in [3.63, 3.8) is 0 Å². The van der Waals surface area contributed by atoms with E-state index in [-0.39, 0.29) is 11.9 Å². The van der Waals surface area contributed by atoms with Crippen molar-refractivity contribution in [3.8, 4) is 16.3 Å². The van der Waals surface area contributed by atoms with Crippen LogP contribution in [0.4, 0.5) is 4.39 Å². The fourth-order valence-corrected chi connectivity index (χ4v) is 4.00. The Morgan fingerprint density at radius 2 is 2.08 bits per heavy atom. The molecule has 128 valence electrons. The van der Waals surface area contributed by atoms with Gasteiger partial charge in [-0.05, 0) is 30.3 Å². The van der Waals surface area contributed by atoms with Gasteiger partial charge in [0.05, 0.1) is 17.3 Å². The van der Waals surface area contributed by atoms with E-state index in [1.54, 1.807) is 23.5 Å². The quantitative estimate of drug-likeness (QED) is 0.680. The fourth-order valence-electron chi connectivity index (χ4n) is 2.94. The van der Waals surface area contributed by atoms with Crippen LogP contribution >= 0.6 is 22.9 Å². The molecule has 0 amide bonds. The number of hydrogen-bond acceptors (Lipinski definition) is 4. The molecule has 2 aromatic carbocycles. The SMILES string of the molecule is Fc1ccc(-c2nc(CN[C@@H]3CCOc4c(Cl)cccc43)cs2)cc1. The average Bonchev–Trinajstić information content (AvgIpc) is 3.10. The number of para-hydroxylation sites is 1. The molecule has 3 nitrogen and oxygen atoms in total. The molecule has 1 aliphatic heterocycles. The van der Waals surface area contributed by atoms with E-state index < -0.39 is 0 Å². The first kappa shape index (κ1) is 16.5. The molecule has 0 radical (unpaired) electrons. The summed E-state index contributed by atoms with van der Waals surface area (Å²) < 4.78 is 18.7. The minimum atomic E-state index is -0.237. The smallest absolute Gasteiger partial charge is 0.142 e. The second kappa shape index (κ2) is 7.12. The second-order valence-electron chi connectivity index (χ2n) is 5.88. The van der Waals surface area contributed by atoms with E-state index in [4.69, 9.17) is 16.3 Å². The number of benzene rings is 2. The Morgan fingerprint density at radius 3 is 2.92 bits per heavy atom. The Morgan fingerprint density at radius 1 is 1.24 bits per heavy atom. The van der Waals surface area contributed by atoms with Gasteiger partial charge in [-0.15, -0.1) is 11.3 Å². The summed E-state index contributed by atoms with van der Waals surface area (Å²) in [5.41, 5.74) is 2.99. The molecular weight excluding hydrogens is 359 g/mol. The van der Waals surface area contributed by atoms with Gasteiger partial charge in [-0.1, -0.05) is 23.7 Å². The lowest BCUT2D eigenvalue weighted by Gasteiger charge is -2.27. The number of nitrogens with zero attached hydrogens (tertiary/aromatic N) is 1. The summed E-state index contributed by atoms with van der Waals surface area (Å²) in [7, 11) is 0. The highest BCUT2D eigenvalue weighted by atomic mass is 35.5. The first-order valence-corrected chi connectivity index (χ1v) is 9.31. The number of thiazole rings is 1. The summed E-state index contributed by atoms with van der Waals surface area (Å²) in [5.74, 6) is 0.539. The van der Waals surface area contributed by atoms with Gasteiger partial charge in [0.25, 0.3) is 0 Å². The third-order valence-electron chi connectivity index (χ3n) is 4.20. The van der Waals surface area contributed by atoms with Crippen molar-refractivity contribution in [2.24, 2.45) is 0 Å². The van der Waals surface area contributed by atoms with E-state index in [1.807, 2.05) is 23.6 Å². The third-order valence-corrected chi connectivity index (χ3v) is 5.44. The molecule has 0 saturated heterocycles. The molecule has 3 aromatic rings. The van der Waals surface area contributed by atoms with Crippen molar-refractivity contribution < 1.29 is 9.13 Å². The van der Waals surface area contributed by atoms with Crippen molar-refractivity contribution in [3.05, 3.63) is 69.9 Å². The van der Waals surface area contributed by atoms with Crippen LogP contribution in [-0.4, -0.2) is 11.6 Å². The van der Waals surface area contributed by atoms with Crippen molar-refractivity contribution in [2.75, 3.05) is 6.61 Å². The summed E-state index contributed by atoms with van der Waals surface area (Å²) in [6.45, 7) is 1.31. The van der Waals surface area contributed by atoms with Crippen LogP contribution in [0.2, 0.25) is 5.02 Å². The van der Waals surface area contributed by atoms with Gasteiger partial charge in [-0.25, -0.2) is 9.37 Å². The first-order valence-electron chi connectivity index (χ1n) is 8.05. The predicted octanol–water partition coefficient (Wildman–Crippen LogP) is 5.22. The molecule has 0 bridgehead atoms. The maximum atomic E-state index is 13.0. The van der Waals surface area contributed by atoms with Crippen molar-refractivity contribution >= 4 is 22.9 Å². The van der Waals surface area contributed by atoms with Gasteiger partial charge in [0, 0.05) is 35.5 Å². The molecule has 0 spiro atoms. The number of nitrogens with one attached hydrogen (secondary N) is 1. The van der Waals surface area contributed by atoms with Gasteiger partial charge >= 0.3 is 0 Å². The highest BCUT2D eigenvalue weighted by Crippen LogP contribution is 2.37. The maximum absolute atomic E-state index is 13.0. The number of aromatic nitrogens is 1. The fraction of sp³-hybridized carbons (Fsp3) is 0.211. The topological polar surface area (TPSA) is 34.2 Å². The summed E-state index contributed by atoms with van der Waals surface area (Å²) >= 11 is 7.78. The van der Waals surface area contributed by atoms with Crippen LogP contribution in [0, 0.1) is 5.82 Å². The molecule has 0 fully saturated rings. The molecule has 0 saturated carbocycles. The molecule has 1 atom stereocenters. The summed E-state index contributed by atoms with van der Waals surface area (Å²) in [6, 6.07) is 12.4. The largest absolute Gasteiger partial charge is 0.492 e. The summed E-state index contributed by atoms with van der Waals surface area (Å²) in [4.78, 5) is 4.64. The molecule has 0 unspecified atom stereocenters. The van der Waals surface area contributed by atoms with Gasteiger partial charge in [-0.2, -0.15) is 0 Å². The monoisotopic (exact) mass is 374 g/mol. The lowest BCUT2D eigenvalue weighted by Crippen LogP contribution is -2.27. The summed E-state index contributed by atoms with van der Waals surface area (Å²) in [5, 5.41) is 7.12. The van der Waals surface area contributed by atoms with Crippen LogP contribution in [0.1, 0.15) is 23.7 Å². The van der Waals surface area contributed by atoms with Crippen LogP contribution in [0.25, 0.3) is 10.6 Å². The van der Waals surface area contributed by atoms with Gasteiger partial charge in [0.15, 0.2) is 0 Å². The number of ether oxygens (including phenoxy) is 1. The van der Waals surface area contributed by atoms with E-state index in [0.717, 1.165) is 34.0 Å². The predicted molar refractivity (Wildman–Crippen MR) is 98.7 cm³/mol. The van der Waals surface area contributed by atoms with Gasteiger partial charge in [-0.3, -0.25) is 0 Å². The van der Waals surface area contributed by atoms with Crippen LogP contribution in [0.5, 0.6) is 5.75 Å².